The second-order valence-electron chi connectivity index (χ2n) is 11.4. The van der Waals surface area contributed by atoms with E-state index < -0.39 is 11.4 Å². The quantitative estimate of drug-likeness (QED) is 0.264. The first-order valence-electron chi connectivity index (χ1n) is 13.7. The maximum absolute atomic E-state index is 14.1. The lowest BCUT2D eigenvalue weighted by atomic mass is 9.94. The number of halogens is 1. The molecular weight excluding hydrogens is 523 g/mol. The molecule has 3 N–H and O–H groups in total. The fourth-order valence-electron chi connectivity index (χ4n) is 4.88. The first-order chi connectivity index (χ1) is 19.5. The summed E-state index contributed by atoms with van der Waals surface area (Å²) in [5.74, 6) is 1.14. The van der Waals surface area contributed by atoms with E-state index >= 15 is 0 Å². The van der Waals surface area contributed by atoms with E-state index in [0.29, 0.717) is 58.6 Å². The number of likely N-dealkylation sites (tertiary alicyclic amines) is 1. The first-order valence-corrected chi connectivity index (χ1v) is 13.7. The number of anilines is 2. The Morgan fingerprint density at radius 1 is 1.10 bits per heavy atom. The molecule has 0 unspecified atom stereocenters. The predicted octanol–water partition coefficient (Wildman–Crippen LogP) is 6.57. The van der Waals surface area contributed by atoms with Crippen molar-refractivity contribution in [3.63, 3.8) is 0 Å². The van der Waals surface area contributed by atoms with E-state index in [4.69, 9.17) is 20.2 Å². The number of aryl methyl sites for hydroxylation is 1. The standard InChI is InChI=1S/C31H35FN6O3/c1-18-13-16-38(30(39)41-31(3,4)5)17-25(18)37-29-35-15-12-24(36-29)22-7-6-14-34-28(22)40-27-19(2)8-9-20-21(27)10-11-23(32)26(20)33/h6-12,14-15,18,25H,13,16-17,33H2,1-5H3,(H,35,36,37)/t18-,25-/m1/s1. The lowest BCUT2D eigenvalue weighted by Crippen LogP contribution is -2.50. The number of nitrogens with one attached hydrogen (secondary N) is 1. The molecule has 1 fully saturated rings. The molecule has 214 valence electrons. The van der Waals surface area contributed by atoms with Gasteiger partial charge in [-0.3, -0.25) is 0 Å². The van der Waals surface area contributed by atoms with Crippen LogP contribution in [0.25, 0.3) is 22.0 Å². The van der Waals surface area contributed by atoms with Gasteiger partial charge < -0.3 is 25.4 Å². The van der Waals surface area contributed by atoms with E-state index in [1.165, 1.54) is 6.07 Å². The number of benzene rings is 2. The Morgan fingerprint density at radius 3 is 2.66 bits per heavy atom. The van der Waals surface area contributed by atoms with E-state index in [-0.39, 0.29) is 17.8 Å². The topological polar surface area (TPSA) is 115 Å². The summed E-state index contributed by atoms with van der Waals surface area (Å²) in [5.41, 5.74) is 7.65. The third kappa shape index (κ3) is 6.16. The van der Waals surface area contributed by atoms with Gasteiger partial charge in [0.1, 0.15) is 17.2 Å². The Balaban J connectivity index is 1.40. The van der Waals surface area contributed by atoms with Crippen molar-refractivity contribution in [1.29, 1.82) is 0 Å². The molecule has 2 aromatic heterocycles. The Kier molecular flexibility index (Phi) is 7.66. The average Bonchev–Trinajstić information content (AvgIpc) is 2.93. The smallest absolute Gasteiger partial charge is 0.410 e. The molecule has 41 heavy (non-hydrogen) atoms. The molecule has 0 saturated carbocycles. The SMILES string of the molecule is Cc1ccc2c(N)c(F)ccc2c1Oc1ncccc1-c1ccnc(N[C@@H]2CN(C(=O)OC(C)(C)C)CC[C@H]2C)n1. The molecule has 10 heteroatoms. The zero-order chi connectivity index (χ0) is 29.3. The summed E-state index contributed by atoms with van der Waals surface area (Å²) in [6.45, 7) is 10.8. The Bertz CT molecular complexity index is 1590. The highest BCUT2D eigenvalue weighted by Gasteiger charge is 2.32. The number of carbonyl (C=O) groups is 1. The number of hydrogen-bond donors (Lipinski definition) is 2. The minimum Gasteiger partial charge on any atom is -0.444 e. The molecule has 3 heterocycles. The van der Waals surface area contributed by atoms with Gasteiger partial charge in [-0.05, 0) is 75.9 Å². The van der Waals surface area contributed by atoms with Crippen molar-refractivity contribution in [2.75, 3.05) is 24.1 Å². The van der Waals surface area contributed by atoms with Crippen LogP contribution in [-0.4, -0.2) is 50.7 Å². The van der Waals surface area contributed by atoms with Gasteiger partial charge in [0.15, 0.2) is 0 Å². The summed E-state index contributed by atoms with van der Waals surface area (Å²) in [6.07, 6.45) is 3.82. The molecule has 1 aliphatic heterocycles. The summed E-state index contributed by atoms with van der Waals surface area (Å²) in [5, 5.41) is 4.67. The monoisotopic (exact) mass is 558 g/mol. The van der Waals surface area contributed by atoms with E-state index in [9.17, 15) is 9.18 Å². The van der Waals surface area contributed by atoms with Crippen LogP contribution in [-0.2, 0) is 4.74 Å². The lowest BCUT2D eigenvalue weighted by Gasteiger charge is -2.38. The van der Waals surface area contributed by atoms with Gasteiger partial charge in [0.05, 0.1) is 16.9 Å². The van der Waals surface area contributed by atoms with Gasteiger partial charge in [-0.1, -0.05) is 19.1 Å². The highest BCUT2D eigenvalue weighted by atomic mass is 19.1. The molecule has 0 spiro atoms. The molecule has 1 saturated heterocycles. The predicted molar refractivity (Wildman–Crippen MR) is 157 cm³/mol. The lowest BCUT2D eigenvalue weighted by molar-refractivity contribution is 0.0176. The van der Waals surface area contributed by atoms with Crippen molar-refractivity contribution in [1.82, 2.24) is 19.9 Å². The number of fused-ring (bicyclic) bond motifs is 1. The Labute approximate surface area is 238 Å². The third-order valence-corrected chi connectivity index (χ3v) is 7.16. The van der Waals surface area contributed by atoms with Gasteiger partial charge in [0.25, 0.3) is 0 Å². The zero-order valence-corrected chi connectivity index (χ0v) is 23.9. The number of aromatic nitrogens is 3. The molecule has 1 aliphatic rings. The molecule has 5 rings (SSSR count). The van der Waals surface area contributed by atoms with Crippen LogP contribution in [0.1, 0.15) is 39.7 Å². The van der Waals surface area contributed by atoms with E-state index in [1.54, 1.807) is 35.5 Å². The van der Waals surface area contributed by atoms with Crippen LogP contribution >= 0.6 is 0 Å². The summed E-state index contributed by atoms with van der Waals surface area (Å²) >= 11 is 0. The summed E-state index contributed by atoms with van der Waals surface area (Å²) in [6, 6.07) is 12.0. The average molecular weight is 559 g/mol. The fourth-order valence-corrected chi connectivity index (χ4v) is 4.88. The second-order valence-corrected chi connectivity index (χ2v) is 11.4. The van der Waals surface area contributed by atoms with Crippen molar-refractivity contribution in [3.05, 3.63) is 66.2 Å². The van der Waals surface area contributed by atoms with Crippen LogP contribution in [0.15, 0.2) is 54.9 Å². The number of nitrogens with zero attached hydrogens (tertiary/aromatic N) is 4. The first kappa shape index (κ1) is 28.1. The van der Waals surface area contributed by atoms with Crippen molar-refractivity contribution in [2.24, 2.45) is 5.92 Å². The number of carbonyl (C=O) groups excluding carboxylic acids is 1. The largest absolute Gasteiger partial charge is 0.444 e. The van der Waals surface area contributed by atoms with Crippen molar-refractivity contribution in [2.45, 2.75) is 52.7 Å². The second kappa shape index (κ2) is 11.2. The van der Waals surface area contributed by atoms with Gasteiger partial charge in [0.2, 0.25) is 11.8 Å². The molecule has 0 bridgehead atoms. The van der Waals surface area contributed by atoms with Crippen LogP contribution in [0.3, 0.4) is 0 Å². The van der Waals surface area contributed by atoms with Crippen LogP contribution in [0.5, 0.6) is 11.6 Å². The minimum absolute atomic E-state index is 0.0553. The maximum atomic E-state index is 14.1. The van der Waals surface area contributed by atoms with E-state index in [2.05, 4.69) is 22.2 Å². The highest BCUT2D eigenvalue weighted by molar-refractivity contribution is 5.98. The van der Waals surface area contributed by atoms with Crippen molar-refractivity contribution >= 4 is 28.5 Å². The summed E-state index contributed by atoms with van der Waals surface area (Å²) < 4.78 is 26.1. The number of hydrogen-bond acceptors (Lipinski definition) is 8. The zero-order valence-electron chi connectivity index (χ0n) is 23.9. The highest BCUT2D eigenvalue weighted by Crippen LogP contribution is 2.38. The molecule has 0 aliphatic carbocycles. The minimum atomic E-state index is -0.558. The van der Waals surface area contributed by atoms with E-state index in [0.717, 1.165) is 12.0 Å². The van der Waals surface area contributed by atoms with Crippen LogP contribution in [0, 0.1) is 18.7 Å². The number of rotatable bonds is 5. The normalized spacial score (nSPS) is 17.4. The molecule has 2 aromatic carbocycles. The van der Waals surface area contributed by atoms with Gasteiger partial charge in [-0.25, -0.2) is 24.1 Å². The van der Waals surface area contributed by atoms with Gasteiger partial charge in [0, 0.05) is 42.3 Å². The van der Waals surface area contributed by atoms with Crippen LogP contribution in [0.2, 0.25) is 0 Å². The third-order valence-electron chi connectivity index (χ3n) is 7.16. The van der Waals surface area contributed by atoms with Crippen molar-refractivity contribution in [3.8, 4) is 22.9 Å². The number of ether oxygens (including phenoxy) is 2. The molecule has 2 atom stereocenters. The number of nitrogens with two attached hydrogens (primary N) is 1. The van der Waals surface area contributed by atoms with Crippen LogP contribution < -0.4 is 15.8 Å². The van der Waals surface area contributed by atoms with Gasteiger partial charge >= 0.3 is 6.09 Å². The molecule has 9 nitrogen and oxygen atoms in total. The van der Waals surface area contributed by atoms with Gasteiger partial charge in [-0.2, -0.15) is 0 Å². The Morgan fingerprint density at radius 2 is 1.88 bits per heavy atom. The number of pyridine rings is 1. The maximum Gasteiger partial charge on any atom is 0.410 e. The Hall–Kier alpha value is -4.47. The number of amides is 1. The molecule has 1 amide bonds. The van der Waals surface area contributed by atoms with Crippen molar-refractivity contribution < 1.29 is 18.7 Å². The number of nitrogen functional groups attached to an aromatic ring is 1. The number of piperidine rings is 1. The fraction of sp³-hybridized carbons (Fsp3) is 0.355. The van der Waals surface area contributed by atoms with Crippen LogP contribution in [0.4, 0.5) is 20.8 Å². The van der Waals surface area contributed by atoms with E-state index in [1.807, 2.05) is 45.9 Å². The van der Waals surface area contributed by atoms with Gasteiger partial charge in [-0.15, -0.1) is 0 Å². The molecule has 4 aromatic rings. The molecule has 0 radical (unpaired) electrons. The summed E-state index contributed by atoms with van der Waals surface area (Å²) in [7, 11) is 0. The molecular formula is C31H35FN6O3. The summed E-state index contributed by atoms with van der Waals surface area (Å²) in [4.78, 5) is 28.1.